The molecule has 0 radical (unpaired) electrons. The molecule has 1 aliphatic heterocycles. The Labute approximate surface area is 170 Å². The van der Waals surface area contributed by atoms with Gasteiger partial charge in [0, 0.05) is 17.9 Å². The molecule has 0 unspecified atom stereocenters. The summed E-state index contributed by atoms with van der Waals surface area (Å²) in [7, 11) is 0. The van der Waals surface area contributed by atoms with Crippen molar-refractivity contribution >= 4 is 28.3 Å². The lowest BCUT2D eigenvalue weighted by atomic mass is 9.99. The van der Waals surface area contributed by atoms with E-state index in [4.69, 9.17) is 4.74 Å². The van der Waals surface area contributed by atoms with Crippen LogP contribution in [-0.4, -0.2) is 24.5 Å². The lowest BCUT2D eigenvalue weighted by molar-refractivity contribution is -0.124. The van der Waals surface area contributed by atoms with Crippen LogP contribution in [0.5, 0.6) is 0 Å². The standard InChI is InChI=1S/C24H24N2O3/c1-16(20-12-5-8-17-7-2-3-11-21(17)20)25-23(27)18-9-4-10-19(15-18)26-24(28)22-13-6-14-29-22/h2-5,7-12,15-16,22H,6,13-14H2,1H3,(H,25,27)(H,26,28)/t16-,22+/m1/s1. The maximum absolute atomic E-state index is 12.8. The van der Waals surface area contributed by atoms with Crippen molar-refractivity contribution < 1.29 is 14.3 Å². The van der Waals surface area contributed by atoms with E-state index in [9.17, 15) is 9.59 Å². The van der Waals surface area contributed by atoms with Crippen molar-refractivity contribution in [3.63, 3.8) is 0 Å². The number of ether oxygens (including phenoxy) is 1. The number of anilines is 1. The van der Waals surface area contributed by atoms with E-state index in [0.717, 1.165) is 29.2 Å². The first-order chi connectivity index (χ1) is 14.1. The Morgan fingerprint density at radius 2 is 1.83 bits per heavy atom. The fraction of sp³-hybridized carbons (Fsp3) is 0.250. The number of nitrogens with one attached hydrogen (secondary N) is 2. The van der Waals surface area contributed by atoms with Crippen molar-refractivity contribution in [3.8, 4) is 0 Å². The van der Waals surface area contributed by atoms with E-state index in [1.54, 1.807) is 24.3 Å². The second-order valence-electron chi connectivity index (χ2n) is 7.34. The summed E-state index contributed by atoms with van der Waals surface area (Å²) in [6.45, 7) is 2.59. The molecule has 0 spiro atoms. The van der Waals surface area contributed by atoms with E-state index in [1.165, 1.54) is 0 Å². The zero-order valence-corrected chi connectivity index (χ0v) is 16.4. The monoisotopic (exact) mass is 388 g/mol. The molecule has 1 heterocycles. The summed E-state index contributed by atoms with van der Waals surface area (Å²) in [6, 6.07) is 21.1. The van der Waals surface area contributed by atoms with Crippen LogP contribution in [0.2, 0.25) is 0 Å². The van der Waals surface area contributed by atoms with Crippen molar-refractivity contribution in [1.29, 1.82) is 0 Å². The van der Waals surface area contributed by atoms with Crippen LogP contribution in [-0.2, 0) is 9.53 Å². The van der Waals surface area contributed by atoms with E-state index in [0.29, 0.717) is 17.9 Å². The van der Waals surface area contributed by atoms with Gasteiger partial charge in [-0.05, 0) is 54.3 Å². The molecule has 5 heteroatoms. The zero-order valence-electron chi connectivity index (χ0n) is 16.4. The molecule has 0 saturated carbocycles. The number of carbonyl (C=O) groups is 2. The summed E-state index contributed by atoms with van der Waals surface area (Å²) in [6.07, 6.45) is 1.22. The molecule has 1 aliphatic rings. The number of benzene rings is 3. The Bertz CT molecular complexity index is 1040. The molecule has 1 fully saturated rings. The normalized spacial score (nSPS) is 17.1. The molecule has 2 atom stereocenters. The fourth-order valence-corrected chi connectivity index (χ4v) is 3.73. The highest BCUT2D eigenvalue weighted by atomic mass is 16.5. The topological polar surface area (TPSA) is 67.4 Å². The first-order valence-electron chi connectivity index (χ1n) is 9.93. The van der Waals surface area contributed by atoms with Gasteiger partial charge in [0.05, 0.1) is 6.04 Å². The van der Waals surface area contributed by atoms with Crippen LogP contribution >= 0.6 is 0 Å². The summed E-state index contributed by atoms with van der Waals surface area (Å²) in [4.78, 5) is 25.1. The Balaban J connectivity index is 1.47. The van der Waals surface area contributed by atoms with Gasteiger partial charge in [-0.2, -0.15) is 0 Å². The van der Waals surface area contributed by atoms with Gasteiger partial charge < -0.3 is 15.4 Å². The zero-order chi connectivity index (χ0) is 20.2. The van der Waals surface area contributed by atoms with Gasteiger partial charge >= 0.3 is 0 Å². The average Bonchev–Trinajstić information content (AvgIpc) is 3.28. The Morgan fingerprint density at radius 1 is 1.03 bits per heavy atom. The lowest BCUT2D eigenvalue weighted by Crippen LogP contribution is -2.28. The molecule has 4 rings (SSSR count). The summed E-state index contributed by atoms with van der Waals surface area (Å²) >= 11 is 0. The van der Waals surface area contributed by atoms with Gasteiger partial charge in [0.1, 0.15) is 6.10 Å². The second-order valence-corrected chi connectivity index (χ2v) is 7.34. The van der Waals surface area contributed by atoms with Gasteiger partial charge in [0.25, 0.3) is 11.8 Å². The number of hydrogen-bond donors (Lipinski definition) is 2. The lowest BCUT2D eigenvalue weighted by Gasteiger charge is -2.17. The van der Waals surface area contributed by atoms with Gasteiger partial charge in [0.15, 0.2) is 0 Å². The third-order valence-electron chi connectivity index (χ3n) is 5.25. The smallest absolute Gasteiger partial charge is 0.253 e. The Hall–Kier alpha value is -3.18. The van der Waals surface area contributed by atoms with Crippen molar-refractivity contribution in [2.75, 3.05) is 11.9 Å². The van der Waals surface area contributed by atoms with E-state index < -0.39 is 6.10 Å². The molecule has 29 heavy (non-hydrogen) atoms. The first kappa shape index (κ1) is 19.2. The first-order valence-corrected chi connectivity index (χ1v) is 9.93. The number of hydrogen-bond acceptors (Lipinski definition) is 3. The molecular formula is C24H24N2O3. The van der Waals surface area contributed by atoms with Crippen LogP contribution in [0.1, 0.15) is 41.7 Å². The molecule has 0 aromatic heterocycles. The van der Waals surface area contributed by atoms with Crippen LogP contribution in [0.25, 0.3) is 10.8 Å². The van der Waals surface area contributed by atoms with E-state index >= 15 is 0 Å². The highest BCUT2D eigenvalue weighted by Crippen LogP contribution is 2.24. The fourth-order valence-electron chi connectivity index (χ4n) is 3.73. The molecule has 3 aromatic rings. The van der Waals surface area contributed by atoms with Crippen LogP contribution < -0.4 is 10.6 Å². The van der Waals surface area contributed by atoms with Gasteiger partial charge in [-0.1, -0.05) is 48.5 Å². The third kappa shape index (κ3) is 4.30. The summed E-state index contributed by atoms with van der Waals surface area (Å²) < 4.78 is 5.41. The average molecular weight is 388 g/mol. The molecule has 3 aromatic carbocycles. The maximum atomic E-state index is 12.8. The minimum absolute atomic E-state index is 0.154. The highest BCUT2D eigenvalue weighted by Gasteiger charge is 2.23. The predicted octanol–water partition coefficient (Wildman–Crippen LogP) is 4.45. The van der Waals surface area contributed by atoms with Crippen molar-refractivity contribution in [2.45, 2.75) is 31.9 Å². The van der Waals surface area contributed by atoms with Gasteiger partial charge in [-0.15, -0.1) is 0 Å². The summed E-state index contributed by atoms with van der Waals surface area (Å²) in [5.41, 5.74) is 2.16. The molecule has 5 nitrogen and oxygen atoms in total. The van der Waals surface area contributed by atoms with Gasteiger partial charge in [-0.3, -0.25) is 9.59 Å². The van der Waals surface area contributed by atoms with Gasteiger partial charge in [0.2, 0.25) is 0 Å². The third-order valence-corrected chi connectivity index (χ3v) is 5.25. The van der Waals surface area contributed by atoms with E-state index in [2.05, 4.69) is 28.8 Å². The molecule has 1 saturated heterocycles. The Kier molecular flexibility index (Phi) is 5.58. The molecule has 2 amide bonds. The minimum atomic E-state index is -0.404. The quantitative estimate of drug-likeness (QED) is 0.679. The summed E-state index contributed by atoms with van der Waals surface area (Å²) in [5, 5.41) is 8.18. The predicted molar refractivity (Wildman–Crippen MR) is 114 cm³/mol. The molecule has 148 valence electrons. The van der Waals surface area contributed by atoms with Crippen molar-refractivity contribution in [1.82, 2.24) is 5.32 Å². The second kappa shape index (κ2) is 8.45. The van der Waals surface area contributed by atoms with Crippen LogP contribution in [0, 0.1) is 0 Å². The van der Waals surface area contributed by atoms with Crippen LogP contribution in [0.4, 0.5) is 5.69 Å². The highest BCUT2D eigenvalue weighted by molar-refractivity contribution is 5.98. The van der Waals surface area contributed by atoms with E-state index in [-0.39, 0.29) is 17.9 Å². The summed E-state index contributed by atoms with van der Waals surface area (Å²) in [5.74, 6) is -0.345. The minimum Gasteiger partial charge on any atom is -0.368 e. The van der Waals surface area contributed by atoms with Crippen LogP contribution in [0.15, 0.2) is 66.7 Å². The molecule has 0 aliphatic carbocycles. The van der Waals surface area contributed by atoms with Crippen molar-refractivity contribution in [2.24, 2.45) is 0 Å². The molecule has 0 bridgehead atoms. The number of fused-ring (bicyclic) bond motifs is 1. The van der Waals surface area contributed by atoms with Crippen LogP contribution in [0.3, 0.4) is 0 Å². The number of amides is 2. The van der Waals surface area contributed by atoms with E-state index in [1.807, 2.05) is 31.2 Å². The molecular weight excluding hydrogens is 364 g/mol. The Morgan fingerprint density at radius 3 is 2.66 bits per heavy atom. The number of rotatable bonds is 5. The number of carbonyl (C=O) groups excluding carboxylic acids is 2. The van der Waals surface area contributed by atoms with Crippen molar-refractivity contribution in [3.05, 3.63) is 77.9 Å². The largest absolute Gasteiger partial charge is 0.368 e. The van der Waals surface area contributed by atoms with Gasteiger partial charge in [-0.25, -0.2) is 0 Å². The molecule has 2 N–H and O–H groups in total. The SMILES string of the molecule is C[C@@H](NC(=O)c1cccc(NC(=O)[C@@H]2CCCO2)c1)c1cccc2ccccc12. The maximum Gasteiger partial charge on any atom is 0.253 e.